The molecule has 0 fully saturated rings. The molecule has 1 aromatic heterocycles. The summed E-state index contributed by atoms with van der Waals surface area (Å²) in [5, 5.41) is 0.854. The van der Waals surface area contributed by atoms with Gasteiger partial charge in [0.1, 0.15) is 5.69 Å². The number of aromatic nitrogens is 1. The Morgan fingerprint density at radius 3 is 2.41 bits per heavy atom. The number of nitrogens with zero attached hydrogens (tertiary/aromatic N) is 1. The molecule has 0 radical (unpaired) electrons. The van der Waals surface area contributed by atoms with E-state index in [2.05, 4.69) is 4.98 Å². The van der Waals surface area contributed by atoms with Crippen LogP contribution in [0.1, 0.15) is 10.5 Å². The van der Waals surface area contributed by atoms with Crippen molar-refractivity contribution in [1.82, 2.24) is 4.98 Å². The van der Waals surface area contributed by atoms with Gasteiger partial charge in [0.25, 0.3) is 5.91 Å². The summed E-state index contributed by atoms with van der Waals surface area (Å²) < 4.78 is 10.3. The third-order valence-electron chi connectivity index (χ3n) is 2.45. The Hall–Kier alpha value is -2.30. The van der Waals surface area contributed by atoms with Crippen LogP contribution in [0.25, 0.3) is 10.9 Å². The van der Waals surface area contributed by atoms with Gasteiger partial charge < -0.3 is 15.2 Å². The maximum absolute atomic E-state index is 11.0. The van der Waals surface area contributed by atoms with Crippen molar-refractivity contribution >= 4 is 16.8 Å². The molecule has 0 aliphatic carbocycles. The lowest BCUT2D eigenvalue weighted by Gasteiger charge is -2.08. The first kappa shape index (κ1) is 11.2. The third-order valence-corrected chi connectivity index (χ3v) is 2.45. The molecule has 0 aliphatic rings. The van der Waals surface area contributed by atoms with E-state index < -0.39 is 5.91 Å². The van der Waals surface area contributed by atoms with Crippen LogP contribution >= 0.6 is 0 Å². The Kier molecular flexibility index (Phi) is 2.82. The molecule has 0 aliphatic heterocycles. The van der Waals surface area contributed by atoms with Gasteiger partial charge in [-0.15, -0.1) is 0 Å². The van der Waals surface area contributed by atoms with Gasteiger partial charge in [0.2, 0.25) is 0 Å². The molecule has 2 N–H and O–H groups in total. The first-order valence-electron chi connectivity index (χ1n) is 4.98. The zero-order chi connectivity index (χ0) is 12.4. The fourth-order valence-electron chi connectivity index (χ4n) is 1.59. The molecule has 1 amide bonds. The van der Waals surface area contributed by atoms with E-state index in [0.717, 1.165) is 5.39 Å². The molecule has 0 spiro atoms. The van der Waals surface area contributed by atoms with Crippen LogP contribution in [0.4, 0.5) is 0 Å². The molecule has 5 nitrogen and oxygen atoms in total. The predicted molar refractivity (Wildman–Crippen MR) is 63.4 cm³/mol. The van der Waals surface area contributed by atoms with E-state index in [0.29, 0.717) is 17.0 Å². The van der Waals surface area contributed by atoms with Crippen LogP contribution in [0.5, 0.6) is 11.5 Å². The fourth-order valence-corrected chi connectivity index (χ4v) is 1.59. The number of hydrogen-bond donors (Lipinski definition) is 1. The van der Waals surface area contributed by atoms with Gasteiger partial charge in [-0.2, -0.15) is 0 Å². The lowest BCUT2D eigenvalue weighted by atomic mass is 10.1. The maximum atomic E-state index is 11.0. The largest absolute Gasteiger partial charge is 0.493 e. The molecule has 0 bridgehead atoms. The number of methoxy groups -OCH3 is 2. The SMILES string of the molecule is COc1cc2ccc(C(N)=O)nc2cc1OC. The van der Waals surface area contributed by atoms with Crippen molar-refractivity contribution in [3.8, 4) is 11.5 Å². The van der Waals surface area contributed by atoms with Gasteiger partial charge in [0.05, 0.1) is 19.7 Å². The molecular formula is C12H12N2O3. The zero-order valence-corrected chi connectivity index (χ0v) is 9.56. The molecule has 88 valence electrons. The van der Waals surface area contributed by atoms with E-state index in [1.165, 1.54) is 0 Å². The van der Waals surface area contributed by atoms with Gasteiger partial charge >= 0.3 is 0 Å². The van der Waals surface area contributed by atoms with Crippen molar-refractivity contribution < 1.29 is 14.3 Å². The summed E-state index contributed by atoms with van der Waals surface area (Å²) in [6, 6.07) is 6.85. The Morgan fingerprint density at radius 2 is 1.82 bits per heavy atom. The van der Waals surface area contributed by atoms with Gasteiger partial charge in [-0.3, -0.25) is 4.79 Å². The predicted octanol–water partition coefficient (Wildman–Crippen LogP) is 1.35. The van der Waals surface area contributed by atoms with E-state index >= 15 is 0 Å². The van der Waals surface area contributed by atoms with E-state index in [4.69, 9.17) is 15.2 Å². The molecule has 5 heteroatoms. The maximum Gasteiger partial charge on any atom is 0.267 e. The second-order valence-corrected chi connectivity index (χ2v) is 3.46. The summed E-state index contributed by atoms with van der Waals surface area (Å²) in [5.74, 6) is 0.629. The quantitative estimate of drug-likeness (QED) is 0.866. The molecule has 2 rings (SSSR count). The molecular weight excluding hydrogens is 220 g/mol. The van der Waals surface area contributed by atoms with Crippen molar-refractivity contribution in [3.05, 3.63) is 30.0 Å². The number of hydrogen-bond acceptors (Lipinski definition) is 4. The van der Waals surface area contributed by atoms with Crippen LogP contribution in [0.15, 0.2) is 24.3 Å². The summed E-state index contributed by atoms with van der Waals surface area (Å²) in [6.07, 6.45) is 0. The highest BCUT2D eigenvalue weighted by Crippen LogP contribution is 2.31. The number of benzene rings is 1. The Morgan fingerprint density at radius 1 is 1.18 bits per heavy atom. The molecule has 1 aromatic carbocycles. The number of rotatable bonds is 3. The van der Waals surface area contributed by atoms with Crippen molar-refractivity contribution in [2.45, 2.75) is 0 Å². The standard InChI is InChI=1S/C12H12N2O3/c1-16-10-5-7-3-4-8(12(13)15)14-9(7)6-11(10)17-2/h3-6H,1-2H3,(H2,13,15). The van der Waals surface area contributed by atoms with E-state index in [-0.39, 0.29) is 5.69 Å². The molecule has 17 heavy (non-hydrogen) atoms. The number of nitrogens with two attached hydrogens (primary N) is 1. The molecule has 0 saturated carbocycles. The Balaban J connectivity index is 2.66. The number of carbonyl (C=O) groups excluding carboxylic acids is 1. The lowest BCUT2D eigenvalue weighted by molar-refractivity contribution is 0.0996. The minimum absolute atomic E-state index is 0.227. The Bertz CT molecular complexity index is 581. The van der Waals surface area contributed by atoms with Crippen LogP contribution in [0.3, 0.4) is 0 Å². The monoisotopic (exact) mass is 232 g/mol. The van der Waals surface area contributed by atoms with E-state index in [1.807, 2.05) is 0 Å². The molecule has 0 saturated heterocycles. The zero-order valence-electron chi connectivity index (χ0n) is 9.56. The van der Waals surface area contributed by atoms with Crippen LogP contribution in [-0.4, -0.2) is 25.1 Å². The van der Waals surface area contributed by atoms with Crippen LogP contribution in [0.2, 0.25) is 0 Å². The number of pyridine rings is 1. The van der Waals surface area contributed by atoms with Crippen molar-refractivity contribution in [3.63, 3.8) is 0 Å². The molecule has 0 atom stereocenters. The number of fused-ring (bicyclic) bond motifs is 1. The summed E-state index contributed by atoms with van der Waals surface area (Å²) >= 11 is 0. The first-order chi connectivity index (χ1) is 8.15. The van der Waals surface area contributed by atoms with Gasteiger partial charge in [0.15, 0.2) is 11.5 Å². The highest BCUT2D eigenvalue weighted by atomic mass is 16.5. The summed E-state index contributed by atoms with van der Waals surface area (Å²) in [6.45, 7) is 0. The number of ether oxygens (including phenoxy) is 2. The smallest absolute Gasteiger partial charge is 0.267 e. The highest BCUT2D eigenvalue weighted by Gasteiger charge is 2.09. The van der Waals surface area contributed by atoms with Crippen molar-refractivity contribution in [2.24, 2.45) is 5.73 Å². The van der Waals surface area contributed by atoms with Gasteiger partial charge in [-0.05, 0) is 12.1 Å². The molecule has 1 heterocycles. The minimum Gasteiger partial charge on any atom is -0.493 e. The molecule has 2 aromatic rings. The van der Waals surface area contributed by atoms with Crippen molar-refractivity contribution in [2.75, 3.05) is 14.2 Å². The topological polar surface area (TPSA) is 74.4 Å². The molecule has 0 unspecified atom stereocenters. The van der Waals surface area contributed by atoms with Crippen LogP contribution in [0, 0.1) is 0 Å². The fraction of sp³-hybridized carbons (Fsp3) is 0.167. The summed E-state index contributed by atoms with van der Waals surface area (Å²) in [5.41, 5.74) is 6.04. The van der Waals surface area contributed by atoms with Gasteiger partial charge in [0, 0.05) is 11.5 Å². The second kappa shape index (κ2) is 4.29. The number of primary amides is 1. The Labute approximate surface area is 98.2 Å². The van der Waals surface area contributed by atoms with E-state index in [1.54, 1.807) is 38.5 Å². The average molecular weight is 232 g/mol. The normalized spacial score (nSPS) is 10.2. The summed E-state index contributed by atoms with van der Waals surface area (Å²) in [7, 11) is 3.11. The lowest BCUT2D eigenvalue weighted by Crippen LogP contribution is -2.12. The minimum atomic E-state index is -0.554. The van der Waals surface area contributed by atoms with E-state index in [9.17, 15) is 4.79 Å². The third kappa shape index (κ3) is 1.99. The first-order valence-corrected chi connectivity index (χ1v) is 4.98. The number of amides is 1. The summed E-state index contributed by atoms with van der Waals surface area (Å²) in [4.78, 5) is 15.2. The number of carbonyl (C=O) groups is 1. The second-order valence-electron chi connectivity index (χ2n) is 3.46. The van der Waals surface area contributed by atoms with Crippen LogP contribution in [-0.2, 0) is 0 Å². The van der Waals surface area contributed by atoms with Gasteiger partial charge in [-0.25, -0.2) is 4.98 Å². The average Bonchev–Trinajstić information content (AvgIpc) is 2.36. The van der Waals surface area contributed by atoms with Crippen LogP contribution < -0.4 is 15.2 Å². The van der Waals surface area contributed by atoms with Crippen molar-refractivity contribution in [1.29, 1.82) is 0 Å². The van der Waals surface area contributed by atoms with Gasteiger partial charge in [-0.1, -0.05) is 6.07 Å². The highest BCUT2D eigenvalue weighted by molar-refractivity contribution is 5.94.